The molecule has 27 nitrogen and oxygen atoms in total. The summed E-state index contributed by atoms with van der Waals surface area (Å²) in [6.45, 7) is 15.9. The van der Waals surface area contributed by atoms with Crippen LogP contribution in [0.4, 0.5) is 14.4 Å². The second kappa shape index (κ2) is 39.3. The number of likely N-dealkylation sites (N-methyl/N-ethyl adjacent to an activating group) is 2. The number of aromatic nitrogens is 8. The topological polar surface area (TPSA) is 326 Å². The van der Waals surface area contributed by atoms with Gasteiger partial charge in [-0.2, -0.15) is 0 Å². The molecule has 8 heterocycles. The van der Waals surface area contributed by atoms with Crippen LogP contribution in [0.2, 0.25) is 0 Å². The van der Waals surface area contributed by atoms with Crippen LogP contribution in [0.5, 0.6) is 0 Å². The molecular formula is C99H114N16O11. The second-order valence-corrected chi connectivity index (χ2v) is 34.9. The number of carboxylic acids is 1. The summed E-state index contributed by atoms with van der Waals surface area (Å²) in [5.41, 5.74) is 13.4. The highest BCUT2D eigenvalue weighted by Gasteiger charge is 2.42. The van der Waals surface area contributed by atoms with Crippen LogP contribution in [0.15, 0.2) is 207 Å². The minimum Gasteiger partial charge on any atom is -0.480 e. The van der Waals surface area contributed by atoms with Gasteiger partial charge in [0.1, 0.15) is 53.1 Å². The molecule has 0 aliphatic carbocycles. The SMILES string of the molecule is CN(C)C(C(=O)O)c1ccccc1.COC(=O)N[C@H](C(=O)N1CCC[C@H]1c1ncc(-c2ccc3cc(-c4ccc(-c5cnc([C@@H]6CCCN6C(=O)C(c6ccccc6)N(C)C)[nH]5)cc4)ccc3c2)[nH]1)C(C)C.COC(=O)N[C@H](C(=O)N1CCC[C@H]1c1ncc(-c2ccc3cc(-c4ccc(-c5cnc([C@@H]6CCCN6C(=O)OC(C)(C)C)[nH]5)cc4)ccc3c2)[nH]1)C(C)C. The summed E-state index contributed by atoms with van der Waals surface area (Å²) in [5.74, 6) is 1.90. The van der Waals surface area contributed by atoms with Gasteiger partial charge < -0.3 is 64.6 Å². The smallest absolute Gasteiger partial charge is 0.410 e. The Kier molecular flexibility index (Phi) is 27.8. The van der Waals surface area contributed by atoms with Gasteiger partial charge >= 0.3 is 24.2 Å². The number of methoxy groups -OCH3 is 2. The molecule has 0 saturated carbocycles. The van der Waals surface area contributed by atoms with E-state index in [1.807, 2.05) is 168 Å². The summed E-state index contributed by atoms with van der Waals surface area (Å²) >= 11 is 0. The van der Waals surface area contributed by atoms with E-state index in [1.165, 1.54) is 14.2 Å². The molecule has 4 aliphatic heterocycles. The average molecular weight is 1700 g/mol. The number of nitrogens with one attached hydrogen (secondary N) is 6. The Hall–Kier alpha value is -13.3. The number of fused-ring (bicyclic) bond motifs is 2. The van der Waals surface area contributed by atoms with E-state index in [0.717, 1.165) is 175 Å². The summed E-state index contributed by atoms with van der Waals surface area (Å²) in [6, 6.07) is 58.9. The third-order valence-corrected chi connectivity index (χ3v) is 24.0. The molecule has 7 N–H and O–H groups in total. The van der Waals surface area contributed by atoms with Gasteiger partial charge in [-0.05, 0) is 202 Å². The number of carboxylic acid groups (broad SMARTS) is 1. The number of carbonyl (C=O) groups is 7. The van der Waals surface area contributed by atoms with Crippen LogP contribution in [-0.4, -0.2) is 203 Å². The molecule has 4 aliphatic rings. The fraction of sp³-hybridized carbons (Fsp3) is 0.364. The molecular weight excluding hydrogens is 1590 g/mol. The van der Waals surface area contributed by atoms with E-state index in [0.29, 0.717) is 26.2 Å². The molecule has 6 amide bonds. The highest BCUT2D eigenvalue weighted by Crippen LogP contribution is 2.41. The molecule has 8 atom stereocenters. The number of alkyl carbamates (subject to hydrolysis) is 2. The van der Waals surface area contributed by atoms with Gasteiger partial charge in [-0.15, -0.1) is 0 Å². The fourth-order valence-corrected chi connectivity index (χ4v) is 17.5. The zero-order chi connectivity index (χ0) is 89.2. The van der Waals surface area contributed by atoms with Crippen LogP contribution in [0.1, 0.15) is 171 Å². The number of hydrogen-bond donors (Lipinski definition) is 7. The normalized spacial score (nSPS) is 17.4. The van der Waals surface area contributed by atoms with Crippen LogP contribution in [0.25, 0.3) is 88.8 Å². The summed E-state index contributed by atoms with van der Waals surface area (Å²) < 4.78 is 15.2. The third-order valence-electron chi connectivity index (χ3n) is 24.0. The van der Waals surface area contributed by atoms with Crippen molar-refractivity contribution in [2.24, 2.45) is 11.8 Å². The van der Waals surface area contributed by atoms with Crippen molar-refractivity contribution in [3.63, 3.8) is 0 Å². The van der Waals surface area contributed by atoms with Crippen LogP contribution in [0.3, 0.4) is 0 Å². The fourth-order valence-electron chi connectivity index (χ4n) is 17.5. The third kappa shape index (κ3) is 20.4. The zero-order valence-electron chi connectivity index (χ0n) is 73.9. The number of likely N-dealkylation sites (tertiary alicyclic amines) is 4. The van der Waals surface area contributed by atoms with Gasteiger partial charge in [-0.3, -0.25) is 33.9 Å². The Balaban J connectivity index is 0.000000179. The first-order chi connectivity index (χ1) is 60.6. The quantitative estimate of drug-likeness (QED) is 0.0310. The Morgan fingerprint density at radius 2 is 0.690 bits per heavy atom. The van der Waals surface area contributed by atoms with E-state index in [-0.39, 0.29) is 65.9 Å². The van der Waals surface area contributed by atoms with Crippen molar-refractivity contribution < 1.29 is 52.9 Å². The summed E-state index contributed by atoms with van der Waals surface area (Å²) in [4.78, 5) is 133. The van der Waals surface area contributed by atoms with E-state index in [1.54, 1.807) is 23.9 Å². The minimum absolute atomic E-state index is 0.0932. The van der Waals surface area contributed by atoms with E-state index >= 15 is 0 Å². The van der Waals surface area contributed by atoms with Crippen molar-refractivity contribution in [3.8, 4) is 67.3 Å². The molecule has 656 valence electrons. The Bertz CT molecular complexity index is 5820. The molecule has 0 bridgehead atoms. The number of aliphatic carboxylic acids is 1. The maximum absolute atomic E-state index is 13.9. The summed E-state index contributed by atoms with van der Waals surface area (Å²) in [5, 5.41) is 18.8. The number of nitrogens with zero attached hydrogens (tertiary/aromatic N) is 10. The number of imidazole rings is 4. The lowest BCUT2D eigenvalue weighted by atomic mass is 9.98. The molecule has 126 heavy (non-hydrogen) atoms. The zero-order valence-corrected chi connectivity index (χ0v) is 73.9. The predicted octanol–water partition coefficient (Wildman–Crippen LogP) is 18.1. The van der Waals surface area contributed by atoms with Gasteiger partial charge in [0, 0.05) is 37.3 Å². The van der Waals surface area contributed by atoms with Crippen LogP contribution in [-0.2, 0) is 33.4 Å². The maximum Gasteiger partial charge on any atom is 0.410 e. The standard InChI is InChI=1S/C47H52N8O4.C42H49N7O5.C10H13NO2/c1-29(2)41(52-47(58)59-5)45(56)54-23-9-13-39(54)43-49-28-38(51-43)36-22-21-34-25-33(19-20-35(34)26-36)30-15-17-31(18-16-30)37-27-48-44(50-37)40-14-10-24-55(40)46(57)42(53(3)4)32-11-7-6-8-12-32;1-25(2)36(47-40(51)53-6)39(50)48-19-7-9-34(48)37-44-24-33(46-37)31-18-17-29-21-28(15-16-30(29)22-31)26-11-13-27(14-12-26)32-23-43-38(45-32)35-10-8-20-49(35)41(52)54-42(3,4)5;1-11(2)9(10(12)13)8-6-4-3-5-7-8/h6-8,11-12,15-22,25-29,39-42H,9-10,13-14,23-24H2,1-5H3,(H,48,50)(H,49,51)(H,52,58);11-18,21-25,34-36H,7-10,19-20H2,1-6H3,(H,43,45)(H,44,46)(H,47,51);3-7,9H,1-2H3,(H,12,13)/t39-,40-,41-,42?;34-,35-,36-;/m00./s1. The van der Waals surface area contributed by atoms with Crippen molar-refractivity contribution in [3.05, 3.63) is 241 Å². The molecule has 4 saturated heterocycles. The molecule has 27 heteroatoms. The Labute approximate surface area is 735 Å². The Morgan fingerprint density at radius 1 is 0.397 bits per heavy atom. The van der Waals surface area contributed by atoms with Crippen molar-refractivity contribution in [2.45, 2.75) is 154 Å². The van der Waals surface area contributed by atoms with E-state index in [4.69, 9.17) is 34.3 Å². The lowest BCUT2D eigenvalue weighted by molar-refractivity contribution is -0.142. The largest absolute Gasteiger partial charge is 0.480 e. The minimum atomic E-state index is -0.823. The number of H-pyrrole nitrogens is 4. The van der Waals surface area contributed by atoms with Crippen LogP contribution < -0.4 is 10.6 Å². The van der Waals surface area contributed by atoms with Gasteiger partial charge in [0.2, 0.25) is 17.7 Å². The van der Waals surface area contributed by atoms with Crippen LogP contribution >= 0.6 is 0 Å². The number of carbonyl (C=O) groups excluding carboxylic acids is 6. The van der Waals surface area contributed by atoms with E-state index in [2.05, 4.69) is 157 Å². The Morgan fingerprint density at radius 3 is 1.02 bits per heavy atom. The summed E-state index contributed by atoms with van der Waals surface area (Å²) in [7, 11) is 10.0. The molecule has 8 aromatic carbocycles. The van der Waals surface area contributed by atoms with Gasteiger partial charge in [0.25, 0.3) is 0 Å². The molecule has 0 spiro atoms. The molecule has 0 radical (unpaired) electrons. The lowest BCUT2D eigenvalue weighted by Gasteiger charge is -2.31. The maximum atomic E-state index is 13.9. The number of rotatable bonds is 22. The molecule has 4 aromatic heterocycles. The molecule has 2 unspecified atom stereocenters. The van der Waals surface area contributed by atoms with Crippen molar-refractivity contribution >= 4 is 63.5 Å². The highest BCUT2D eigenvalue weighted by molar-refractivity contribution is 5.93. The van der Waals surface area contributed by atoms with Crippen molar-refractivity contribution in [1.29, 1.82) is 0 Å². The number of amides is 6. The highest BCUT2D eigenvalue weighted by atomic mass is 16.6. The number of benzene rings is 8. The molecule has 16 rings (SSSR count). The van der Waals surface area contributed by atoms with Gasteiger partial charge in [-0.1, -0.05) is 185 Å². The van der Waals surface area contributed by atoms with E-state index < -0.39 is 41.9 Å². The number of ether oxygens (including phenoxy) is 3. The summed E-state index contributed by atoms with van der Waals surface area (Å²) in [6.07, 6.45) is 12.7. The van der Waals surface area contributed by atoms with Gasteiger partial charge in [0.05, 0.1) is 86.0 Å². The first kappa shape index (κ1) is 89.0. The van der Waals surface area contributed by atoms with E-state index in [9.17, 15) is 33.6 Å². The van der Waals surface area contributed by atoms with Crippen molar-refractivity contribution in [1.82, 2.24) is 79.9 Å². The van der Waals surface area contributed by atoms with Crippen molar-refractivity contribution in [2.75, 3.05) is 68.6 Å². The number of aromatic amines is 4. The molecule has 12 aromatic rings. The van der Waals surface area contributed by atoms with Gasteiger partial charge in [0.15, 0.2) is 0 Å². The lowest BCUT2D eigenvalue weighted by Crippen LogP contribution is -2.51. The first-order valence-corrected chi connectivity index (χ1v) is 43.4. The second-order valence-electron chi connectivity index (χ2n) is 34.9. The predicted molar refractivity (Wildman–Crippen MR) is 487 cm³/mol. The first-order valence-electron chi connectivity index (χ1n) is 43.4. The molecule has 4 fully saturated rings. The van der Waals surface area contributed by atoms with Crippen LogP contribution in [0, 0.1) is 11.8 Å². The average Bonchev–Trinajstić information content (AvgIpc) is 1.65. The number of hydrogen-bond acceptors (Lipinski definition) is 16. The monoisotopic (exact) mass is 1700 g/mol. The van der Waals surface area contributed by atoms with Gasteiger partial charge in [-0.25, -0.2) is 34.3 Å².